The van der Waals surface area contributed by atoms with Crippen LogP contribution in [0.5, 0.6) is 5.75 Å². The van der Waals surface area contributed by atoms with Gasteiger partial charge < -0.3 is 34.5 Å². The second-order valence-electron chi connectivity index (χ2n) is 6.13. The molecule has 3 rings (SSSR count). The van der Waals surface area contributed by atoms with Gasteiger partial charge in [0.05, 0.1) is 11.9 Å². The van der Waals surface area contributed by atoms with Gasteiger partial charge in [-0.3, -0.25) is 9.59 Å². The van der Waals surface area contributed by atoms with Crippen molar-refractivity contribution in [3.63, 3.8) is 0 Å². The molecule has 4 N–H and O–H groups in total. The van der Waals surface area contributed by atoms with Crippen LogP contribution in [0.25, 0.3) is 21.7 Å². The number of hydrogen-bond acceptors (Lipinski definition) is 9. The molecule has 0 bridgehead atoms. The van der Waals surface area contributed by atoms with Crippen molar-refractivity contribution in [2.24, 2.45) is 0 Å². The number of aromatic nitrogens is 1. The number of nitrogens with zero attached hydrogens (tertiary/aromatic N) is 2. The topological polar surface area (TPSA) is 188 Å². The molecule has 0 amide bonds. The number of aromatic carboxylic acids is 1. The molecule has 0 fully saturated rings. The first-order chi connectivity index (χ1) is 14.6. The largest absolute Gasteiger partial charge is 0.480 e. The van der Waals surface area contributed by atoms with Gasteiger partial charge in [-0.25, -0.2) is 14.6 Å². The highest BCUT2D eigenvalue weighted by Gasteiger charge is 2.22. The minimum absolute atomic E-state index is 0.00397. The lowest BCUT2D eigenvalue weighted by Gasteiger charge is -2.23. The Kier molecular flexibility index (Phi) is 6.06. The Morgan fingerprint density at radius 2 is 1.68 bits per heavy atom. The Labute approximate surface area is 176 Å². The average molecular weight is 450 g/mol. The summed E-state index contributed by atoms with van der Waals surface area (Å²) < 4.78 is 10.9. The van der Waals surface area contributed by atoms with Gasteiger partial charge in [0.2, 0.25) is 0 Å². The first-order valence-electron chi connectivity index (χ1n) is 8.44. The second kappa shape index (κ2) is 8.71. The number of fused-ring (bicyclic) bond motifs is 1. The summed E-state index contributed by atoms with van der Waals surface area (Å²) in [5.41, 5.74) is 0.213. The lowest BCUT2D eigenvalue weighted by Crippen LogP contribution is -2.34. The molecule has 2 heterocycles. The summed E-state index contributed by atoms with van der Waals surface area (Å²) in [5.74, 6) is -4.90. The zero-order valence-electron chi connectivity index (χ0n) is 15.5. The van der Waals surface area contributed by atoms with E-state index in [-0.39, 0.29) is 32.7 Å². The van der Waals surface area contributed by atoms with Crippen LogP contribution in [0, 0.1) is 0 Å². The summed E-state index contributed by atoms with van der Waals surface area (Å²) in [4.78, 5) is 49.4. The molecule has 0 saturated heterocycles. The molecule has 1 aromatic carbocycles. The number of benzene rings is 1. The van der Waals surface area contributed by atoms with Gasteiger partial charge in [0.1, 0.15) is 29.3 Å². The molecule has 0 aliphatic carbocycles. The third-order valence-corrected chi connectivity index (χ3v) is 4.87. The molecule has 162 valence electrons. The van der Waals surface area contributed by atoms with Crippen LogP contribution in [-0.2, 0) is 14.4 Å². The predicted octanol–water partition coefficient (Wildman–Crippen LogP) is 1.69. The fraction of sp³-hybridized carbons (Fsp3) is 0.167. The van der Waals surface area contributed by atoms with E-state index in [0.717, 1.165) is 16.2 Å². The minimum Gasteiger partial charge on any atom is -0.480 e. The summed E-state index contributed by atoms with van der Waals surface area (Å²) in [6.45, 7) is -2.13. The molecule has 31 heavy (non-hydrogen) atoms. The van der Waals surface area contributed by atoms with Crippen LogP contribution in [0.15, 0.2) is 28.8 Å². The Balaban J connectivity index is 2.10. The number of aliphatic carboxylic acids is 3. The fourth-order valence-electron chi connectivity index (χ4n) is 2.70. The van der Waals surface area contributed by atoms with Crippen LogP contribution in [0.1, 0.15) is 9.67 Å². The lowest BCUT2D eigenvalue weighted by atomic mass is 10.2. The molecular weight excluding hydrogens is 436 g/mol. The van der Waals surface area contributed by atoms with E-state index in [1.54, 1.807) is 0 Å². The van der Waals surface area contributed by atoms with Gasteiger partial charge in [0.25, 0.3) is 0 Å². The van der Waals surface area contributed by atoms with Crippen molar-refractivity contribution in [1.82, 2.24) is 4.98 Å². The van der Waals surface area contributed by atoms with Gasteiger partial charge in [-0.15, -0.1) is 11.3 Å². The minimum atomic E-state index is -1.31. The maximum absolute atomic E-state index is 11.2. The summed E-state index contributed by atoms with van der Waals surface area (Å²) in [6.07, 6.45) is 1.17. The van der Waals surface area contributed by atoms with Gasteiger partial charge in [0, 0.05) is 11.5 Å². The Hall–Kier alpha value is -4.13. The third kappa shape index (κ3) is 5.08. The van der Waals surface area contributed by atoms with Crippen molar-refractivity contribution >= 4 is 51.9 Å². The number of anilines is 1. The van der Waals surface area contributed by atoms with Crippen molar-refractivity contribution < 1.29 is 48.8 Å². The van der Waals surface area contributed by atoms with E-state index in [1.807, 2.05) is 0 Å². The number of ether oxygens (including phenoxy) is 1. The van der Waals surface area contributed by atoms with E-state index in [1.165, 1.54) is 24.4 Å². The Morgan fingerprint density at radius 1 is 1.00 bits per heavy atom. The molecule has 0 unspecified atom stereocenters. The highest BCUT2D eigenvalue weighted by atomic mass is 32.1. The van der Waals surface area contributed by atoms with E-state index < -0.39 is 43.6 Å². The first-order valence-corrected chi connectivity index (χ1v) is 9.26. The second-order valence-corrected chi connectivity index (χ2v) is 7.16. The number of thiazole rings is 1. The zero-order valence-corrected chi connectivity index (χ0v) is 16.3. The van der Waals surface area contributed by atoms with Gasteiger partial charge in [0.15, 0.2) is 17.4 Å². The quantitative estimate of drug-likeness (QED) is 0.350. The predicted molar refractivity (Wildman–Crippen MR) is 105 cm³/mol. The van der Waals surface area contributed by atoms with Crippen LogP contribution in [0.2, 0.25) is 0 Å². The molecule has 0 atom stereocenters. The van der Waals surface area contributed by atoms with Crippen molar-refractivity contribution in [3.8, 4) is 16.5 Å². The lowest BCUT2D eigenvalue weighted by molar-refractivity contribution is -0.140. The maximum atomic E-state index is 11.2. The summed E-state index contributed by atoms with van der Waals surface area (Å²) >= 11 is 0.876. The van der Waals surface area contributed by atoms with Gasteiger partial charge in [-0.1, -0.05) is 0 Å². The van der Waals surface area contributed by atoms with Crippen molar-refractivity contribution in [2.45, 2.75) is 0 Å². The number of hydrogen-bond donors (Lipinski definition) is 4. The molecule has 0 spiro atoms. The number of carboxylic acids is 4. The molecule has 12 nitrogen and oxygen atoms in total. The smallest absolute Gasteiger partial charge is 0.347 e. The van der Waals surface area contributed by atoms with Gasteiger partial charge in [-0.05, 0) is 12.1 Å². The summed E-state index contributed by atoms with van der Waals surface area (Å²) in [7, 11) is 0. The molecule has 13 heteroatoms. The Bertz CT molecular complexity index is 1170. The highest BCUT2D eigenvalue weighted by Crippen LogP contribution is 2.38. The molecule has 3 aromatic rings. The number of carbonyl (C=O) groups is 4. The Morgan fingerprint density at radius 3 is 2.23 bits per heavy atom. The van der Waals surface area contributed by atoms with E-state index in [0.29, 0.717) is 5.39 Å². The third-order valence-electron chi connectivity index (χ3n) is 3.87. The number of rotatable bonds is 10. The molecular formula is C18H14N2O10S. The number of furan rings is 1. The van der Waals surface area contributed by atoms with Crippen LogP contribution in [-0.4, -0.2) is 69.0 Å². The maximum Gasteiger partial charge on any atom is 0.347 e. The van der Waals surface area contributed by atoms with Crippen LogP contribution >= 0.6 is 11.3 Å². The molecule has 2 aromatic heterocycles. The standard InChI is InChI=1S/C18H14N2O10S/c21-14(22)5-20(6-15(23)24)9-3-10-8(1-11(9)29-7-16(25)26)2-12(30-10)17-19-4-13(31-17)18(27)28/h1-4H,5-7H2,(H,21,22)(H,23,24)(H,25,26)(H,27,28). The molecule has 0 aliphatic heterocycles. The van der Waals surface area contributed by atoms with Crippen molar-refractivity contribution in [1.29, 1.82) is 0 Å². The highest BCUT2D eigenvalue weighted by molar-refractivity contribution is 7.16. The number of carboxylic acid groups (broad SMARTS) is 4. The van der Waals surface area contributed by atoms with Crippen LogP contribution in [0.3, 0.4) is 0 Å². The summed E-state index contributed by atoms with van der Waals surface area (Å²) in [6, 6.07) is 4.23. The summed E-state index contributed by atoms with van der Waals surface area (Å²) in [5, 5.41) is 36.9. The van der Waals surface area contributed by atoms with E-state index in [4.69, 9.17) is 29.6 Å². The SMILES string of the molecule is O=C(O)COc1cc2cc(-c3ncc(C(=O)O)s3)oc2cc1N(CC(=O)O)CC(=O)O. The normalized spacial score (nSPS) is 10.7. The van der Waals surface area contributed by atoms with Crippen LogP contribution < -0.4 is 9.64 Å². The van der Waals surface area contributed by atoms with Crippen molar-refractivity contribution in [3.05, 3.63) is 29.3 Å². The molecule has 0 saturated carbocycles. The van der Waals surface area contributed by atoms with E-state index in [2.05, 4.69) is 4.98 Å². The van der Waals surface area contributed by atoms with Gasteiger partial charge in [-0.2, -0.15) is 0 Å². The van der Waals surface area contributed by atoms with Crippen molar-refractivity contribution in [2.75, 3.05) is 24.6 Å². The zero-order chi connectivity index (χ0) is 22.7. The van der Waals surface area contributed by atoms with E-state index in [9.17, 15) is 19.2 Å². The van der Waals surface area contributed by atoms with Gasteiger partial charge >= 0.3 is 23.9 Å². The fourth-order valence-corrected chi connectivity index (χ4v) is 3.41. The van der Waals surface area contributed by atoms with E-state index >= 15 is 0 Å². The monoisotopic (exact) mass is 450 g/mol. The average Bonchev–Trinajstić information content (AvgIpc) is 3.30. The van der Waals surface area contributed by atoms with Crippen LogP contribution in [0.4, 0.5) is 5.69 Å². The molecule has 0 radical (unpaired) electrons. The molecule has 0 aliphatic rings. The first kappa shape index (κ1) is 21.6.